The van der Waals surface area contributed by atoms with Crippen LogP contribution >= 0.6 is 12.2 Å². The third-order valence-corrected chi connectivity index (χ3v) is 3.47. The van der Waals surface area contributed by atoms with Crippen LogP contribution in [0.25, 0.3) is 0 Å². The summed E-state index contributed by atoms with van der Waals surface area (Å²) >= 11 is 5.38. The number of likely N-dealkylation sites (N-methyl/N-ethyl adjacent to an activating group) is 1. The van der Waals surface area contributed by atoms with Crippen LogP contribution in [0.4, 0.5) is 0 Å². The van der Waals surface area contributed by atoms with E-state index >= 15 is 0 Å². The third-order valence-electron chi connectivity index (χ3n) is 3.06. The van der Waals surface area contributed by atoms with Gasteiger partial charge in [-0.25, -0.2) is 0 Å². The lowest BCUT2D eigenvalue weighted by Crippen LogP contribution is -2.52. The largest absolute Gasteiger partial charge is 0.359 e. The Balaban J connectivity index is 2.22. The van der Waals surface area contributed by atoms with E-state index in [0.29, 0.717) is 0 Å². The normalized spacial score (nSPS) is 17.0. The van der Waals surface area contributed by atoms with Gasteiger partial charge in [-0.15, -0.1) is 0 Å². The number of hydrogen-bond acceptors (Lipinski definition) is 3. The smallest absolute Gasteiger partial charge is 0.169 e. The van der Waals surface area contributed by atoms with Gasteiger partial charge in [0.05, 0.1) is 0 Å². The molecular weight excluding hydrogens is 244 g/mol. The summed E-state index contributed by atoms with van der Waals surface area (Å²) in [6, 6.07) is 0. The molecule has 0 unspecified atom stereocenters. The summed E-state index contributed by atoms with van der Waals surface area (Å²) in [5, 5.41) is 4.11. The zero-order valence-corrected chi connectivity index (χ0v) is 12.7. The van der Waals surface area contributed by atoms with Crippen LogP contribution in [0.1, 0.15) is 6.92 Å². The fourth-order valence-electron chi connectivity index (χ4n) is 1.85. The van der Waals surface area contributed by atoms with Crippen LogP contribution in [-0.4, -0.2) is 79.7 Å². The summed E-state index contributed by atoms with van der Waals surface area (Å²) in [6.07, 6.45) is 0. The Morgan fingerprint density at radius 3 is 2.39 bits per heavy atom. The molecule has 1 aliphatic heterocycles. The first kappa shape index (κ1) is 15.4. The molecule has 0 aromatic carbocycles. The molecule has 1 heterocycles. The Hall–Kier alpha value is -0.650. The monoisotopic (exact) mass is 270 g/mol. The zero-order chi connectivity index (χ0) is 13.5. The fraction of sp³-hybridized carbons (Fsp3) is 0.769. The molecule has 18 heavy (non-hydrogen) atoms. The molecule has 1 aliphatic rings. The average molecular weight is 270 g/mol. The molecular formula is C13H26N4S. The molecule has 0 aromatic heterocycles. The van der Waals surface area contributed by atoms with Crippen LogP contribution in [0.15, 0.2) is 12.2 Å². The molecule has 104 valence electrons. The molecule has 0 atom stereocenters. The maximum Gasteiger partial charge on any atom is 0.169 e. The van der Waals surface area contributed by atoms with E-state index in [9.17, 15) is 0 Å². The van der Waals surface area contributed by atoms with Crippen LogP contribution in [0, 0.1) is 0 Å². The molecule has 1 rings (SSSR count). The van der Waals surface area contributed by atoms with Crippen LogP contribution in [0.5, 0.6) is 0 Å². The number of rotatable bonds is 5. The van der Waals surface area contributed by atoms with Crippen molar-refractivity contribution in [3.05, 3.63) is 12.2 Å². The van der Waals surface area contributed by atoms with Crippen molar-refractivity contribution in [2.45, 2.75) is 6.92 Å². The van der Waals surface area contributed by atoms with Gasteiger partial charge in [-0.2, -0.15) is 0 Å². The predicted molar refractivity (Wildman–Crippen MR) is 82.0 cm³/mol. The van der Waals surface area contributed by atoms with Gasteiger partial charge in [0.25, 0.3) is 0 Å². The lowest BCUT2D eigenvalue weighted by molar-refractivity contribution is 0.168. The Morgan fingerprint density at radius 1 is 1.28 bits per heavy atom. The van der Waals surface area contributed by atoms with Crippen molar-refractivity contribution in [3.8, 4) is 0 Å². The molecule has 0 aromatic rings. The average Bonchev–Trinajstić information content (AvgIpc) is 2.34. The van der Waals surface area contributed by atoms with E-state index in [-0.39, 0.29) is 0 Å². The van der Waals surface area contributed by atoms with Crippen LogP contribution in [-0.2, 0) is 0 Å². The Bertz CT molecular complexity index is 283. The van der Waals surface area contributed by atoms with Crippen molar-refractivity contribution < 1.29 is 0 Å². The zero-order valence-electron chi connectivity index (χ0n) is 11.9. The topological polar surface area (TPSA) is 21.8 Å². The Morgan fingerprint density at radius 2 is 1.89 bits per heavy atom. The highest BCUT2D eigenvalue weighted by Gasteiger charge is 2.18. The summed E-state index contributed by atoms with van der Waals surface area (Å²) in [4.78, 5) is 6.98. The molecule has 0 saturated carbocycles. The summed E-state index contributed by atoms with van der Waals surface area (Å²) in [6.45, 7) is 13.2. The second kappa shape index (κ2) is 7.71. The van der Waals surface area contributed by atoms with E-state index in [1.54, 1.807) is 0 Å². The second-order valence-electron chi connectivity index (χ2n) is 5.25. The minimum atomic E-state index is 0.777. The van der Waals surface area contributed by atoms with Gasteiger partial charge in [0.15, 0.2) is 5.11 Å². The van der Waals surface area contributed by atoms with E-state index in [1.165, 1.54) is 0 Å². The summed E-state index contributed by atoms with van der Waals surface area (Å²) < 4.78 is 0. The maximum atomic E-state index is 5.38. The van der Waals surface area contributed by atoms with E-state index in [4.69, 9.17) is 12.2 Å². The molecule has 0 bridgehead atoms. The molecule has 5 heteroatoms. The highest BCUT2D eigenvalue weighted by Crippen LogP contribution is 2.02. The highest BCUT2D eigenvalue weighted by atomic mass is 32.1. The van der Waals surface area contributed by atoms with Gasteiger partial charge in [-0.1, -0.05) is 12.2 Å². The van der Waals surface area contributed by atoms with Crippen LogP contribution < -0.4 is 5.32 Å². The SMILES string of the molecule is C=C(C)CNC(=S)N1CCN(CCN(C)C)CC1. The summed E-state index contributed by atoms with van der Waals surface area (Å²) in [5.74, 6) is 0. The fourth-order valence-corrected chi connectivity index (χ4v) is 2.11. The maximum absolute atomic E-state index is 5.38. The highest BCUT2D eigenvalue weighted by molar-refractivity contribution is 7.80. The van der Waals surface area contributed by atoms with Gasteiger partial charge in [-0.3, -0.25) is 4.90 Å². The van der Waals surface area contributed by atoms with Crippen molar-refractivity contribution in [2.75, 3.05) is 59.9 Å². The van der Waals surface area contributed by atoms with Crippen molar-refractivity contribution in [3.63, 3.8) is 0 Å². The predicted octanol–water partition coefficient (Wildman–Crippen LogP) is 0.616. The quantitative estimate of drug-likeness (QED) is 0.582. The number of hydrogen-bond donors (Lipinski definition) is 1. The van der Waals surface area contributed by atoms with E-state index in [0.717, 1.165) is 56.5 Å². The van der Waals surface area contributed by atoms with Gasteiger partial charge in [0, 0.05) is 45.8 Å². The molecule has 1 N–H and O–H groups in total. The Labute approximate surface area is 117 Å². The first-order valence-electron chi connectivity index (χ1n) is 6.53. The minimum absolute atomic E-state index is 0.777. The summed E-state index contributed by atoms with van der Waals surface area (Å²) in [5.41, 5.74) is 1.11. The number of piperazine rings is 1. The second-order valence-corrected chi connectivity index (χ2v) is 5.63. The molecule has 4 nitrogen and oxygen atoms in total. The molecule has 1 saturated heterocycles. The third kappa shape index (κ3) is 5.80. The minimum Gasteiger partial charge on any atom is -0.359 e. The lowest BCUT2D eigenvalue weighted by Gasteiger charge is -2.36. The number of nitrogens with zero attached hydrogens (tertiary/aromatic N) is 3. The van der Waals surface area contributed by atoms with Gasteiger partial charge < -0.3 is 15.1 Å². The lowest BCUT2D eigenvalue weighted by atomic mass is 10.3. The van der Waals surface area contributed by atoms with Gasteiger partial charge >= 0.3 is 0 Å². The van der Waals surface area contributed by atoms with E-state index in [1.807, 2.05) is 6.92 Å². The molecule has 0 spiro atoms. The van der Waals surface area contributed by atoms with Crippen molar-refractivity contribution in [1.29, 1.82) is 0 Å². The Kier molecular flexibility index (Phi) is 6.60. The van der Waals surface area contributed by atoms with E-state index < -0.39 is 0 Å². The van der Waals surface area contributed by atoms with Crippen LogP contribution in [0.3, 0.4) is 0 Å². The first-order chi connectivity index (χ1) is 8.49. The molecule has 1 fully saturated rings. The van der Waals surface area contributed by atoms with Crippen molar-refractivity contribution >= 4 is 17.3 Å². The summed E-state index contributed by atoms with van der Waals surface area (Å²) in [7, 11) is 4.24. The molecule has 0 radical (unpaired) electrons. The van der Waals surface area contributed by atoms with Crippen molar-refractivity contribution in [1.82, 2.24) is 20.0 Å². The standard InChI is InChI=1S/C13H26N4S/c1-12(2)11-14-13(18)17-9-7-16(8-10-17)6-5-15(3)4/h1,5-11H2,2-4H3,(H,14,18). The number of thiocarbonyl (C=S) groups is 1. The molecule has 0 aliphatic carbocycles. The van der Waals surface area contributed by atoms with Crippen molar-refractivity contribution in [2.24, 2.45) is 0 Å². The van der Waals surface area contributed by atoms with Gasteiger partial charge in [-0.05, 0) is 33.2 Å². The van der Waals surface area contributed by atoms with E-state index in [2.05, 4.69) is 40.7 Å². The van der Waals surface area contributed by atoms with Gasteiger partial charge in [0.1, 0.15) is 0 Å². The number of nitrogens with one attached hydrogen (secondary N) is 1. The molecule has 0 amide bonds. The first-order valence-corrected chi connectivity index (χ1v) is 6.94. The van der Waals surface area contributed by atoms with Gasteiger partial charge in [0.2, 0.25) is 0 Å². The van der Waals surface area contributed by atoms with Crippen LogP contribution in [0.2, 0.25) is 0 Å².